The molecular weight excluding hydrogens is 480 g/mol. The Morgan fingerprint density at radius 3 is 2.70 bits per heavy atom. The van der Waals surface area contributed by atoms with Crippen LogP contribution in [0.5, 0.6) is 5.75 Å². The molecular formula is C20H15F2N3O6S2. The summed E-state index contributed by atoms with van der Waals surface area (Å²) in [6.07, 6.45) is 0. The number of halogens is 2. The summed E-state index contributed by atoms with van der Waals surface area (Å²) in [5.41, 5.74) is 0.298. The van der Waals surface area contributed by atoms with Crippen molar-refractivity contribution in [1.29, 1.82) is 0 Å². The lowest BCUT2D eigenvalue weighted by molar-refractivity contribution is -0.384. The lowest BCUT2D eigenvalue weighted by Gasteiger charge is -2.12. The number of nitro groups is 1. The number of para-hydroxylation sites is 2. The van der Waals surface area contributed by atoms with Crippen molar-refractivity contribution in [3.8, 4) is 5.75 Å². The standard InChI is InChI=1S/C20H15F2N3O6S2/c1-11-10-32-20(23-11)33-16-7-6-12(25(28)29)8-13(16)18(27)30-9-17(26)24-14-4-2-3-5-15(14)31-19(21)22/h2-8,10,19H,9H2,1H3,(H,24,26). The highest BCUT2D eigenvalue weighted by Gasteiger charge is 2.21. The number of hydrogen-bond donors (Lipinski definition) is 1. The number of thiazole rings is 1. The Labute approximate surface area is 193 Å². The van der Waals surface area contributed by atoms with Crippen molar-refractivity contribution in [2.45, 2.75) is 22.8 Å². The van der Waals surface area contributed by atoms with Crippen LogP contribution in [0.2, 0.25) is 0 Å². The quantitative estimate of drug-likeness (QED) is 0.253. The number of ether oxygens (including phenoxy) is 2. The smallest absolute Gasteiger partial charge is 0.387 e. The fourth-order valence-corrected chi connectivity index (χ4v) is 4.41. The molecule has 0 atom stereocenters. The van der Waals surface area contributed by atoms with E-state index in [1.165, 1.54) is 47.7 Å². The van der Waals surface area contributed by atoms with Crippen molar-refractivity contribution in [3.05, 3.63) is 69.2 Å². The molecule has 3 aromatic rings. The molecule has 0 unspecified atom stereocenters. The molecule has 0 saturated heterocycles. The highest BCUT2D eigenvalue weighted by Crippen LogP contribution is 2.34. The van der Waals surface area contributed by atoms with E-state index in [1.54, 1.807) is 6.92 Å². The maximum atomic E-state index is 12.6. The lowest BCUT2D eigenvalue weighted by atomic mass is 10.2. The summed E-state index contributed by atoms with van der Waals surface area (Å²) in [7, 11) is 0. The Balaban J connectivity index is 1.72. The van der Waals surface area contributed by atoms with Gasteiger partial charge in [-0.3, -0.25) is 14.9 Å². The fourth-order valence-electron chi connectivity index (χ4n) is 2.52. The number of carbonyl (C=O) groups is 2. The Kier molecular flexibility index (Phi) is 7.90. The molecule has 2 aromatic carbocycles. The average Bonchev–Trinajstić information content (AvgIpc) is 3.17. The number of alkyl halides is 2. The second-order valence-electron chi connectivity index (χ2n) is 6.29. The number of carbonyl (C=O) groups excluding carboxylic acids is 2. The molecule has 0 bridgehead atoms. The van der Waals surface area contributed by atoms with E-state index in [-0.39, 0.29) is 22.7 Å². The van der Waals surface area contributed by atoms with Crippen molar-refractivity contribution in [2.75, 3.05) is 11.9 Å². The van der Waals surface area contributed by atoms with Gasteiger partial charge in [-0.15, -0.1) is 11.3 Å². The predicted molar refractivity (Wildman–Crippen MR) is 116 cm³/mol. The Morgan fingerprint density at radius 1 is 1.27 bits per heavy atom. The van der Waals surface area contributed by atoms with Gasteiger partial charge in [0.15, 0.2) is 10.9 Å². The van der Waals surface area contributed by atoms with Gasteiger partial charge in [0.2, 0.25) is 0 Å². The molecule has 0 fully saturated rings. The maximum absolute atomic E-state index is 12.6. The van der Waals surface area contributed by atoms with Gasteiger partial charge >= 0.3 is 12.6 Å². The van der Waals surface area contributed by atoms with Crippen LogP contribution in [0.1, 0.15) is 16.1 Å². The van der Waals surface area contributed by atoms with Crippen molar-refractivity contribution in [3.63, 3.8) is 0 Å². The van der Waals surface area contributed by atoms with Gasteiger partial charge in [0.25, 0.3) is 11.6 Å². The minimum atomic E-state index is -3.09. The number of aromatic nitrogens is 1. The van der Waals surface area contributed by atoms with Crippen LogP contribution in [0.15, 0.2) is 57.1 Å². The largest absolute Gasteiger partial charge is 0.452 e. The summed E-state index contributed by atoms with van der Waals surface area (Å²) >= 11 is 2.46. The van der Waals surface area contributed by atoms with E-state index in [2.05, 4.69) is 15.0 Å². The second-order valence-corrected chi connectivity index (χ2v) is 8.44. The zero-order valence-corrected chi connectivity index (χ0v) is 18.5. The van der Waals surface area contributed by atoms with Gasteiger partial charge in [-0.25, -0.2) is 9.78 Å². The van der Waals surface area contributed by atoms with Gasteiger partial charge in [-0.2, -0.15) is 8.78 Å². The van der Waals surface area contributed by atoms with E-state index in [0.29, 0.717) is 9.24 Å². The van der Waals surface area contributed by atoms with Gasteiger partial charge in [0, 0.05) is 28.1 Å². The number of hydrogen-bond acceptors (Lipinski definition) is 9. The number of nitrogens with zero attached hydrogens (tertiary/aromatic N) is 2. The normalized spacial score (nSPS) is 10.7. The number of aryl methyl sites for hydroxylation is 1. The van der Waals surface area contributed by atoms with Gasteiger partial charge in [-0.05, 0) is 25.1 Å². The summed E-state index contributed by atoms with van der Waals surface area (Å²) in [6.45, 7) is -2.05. The molecule has 1 aromatic heterocycles. The Hall–Kier alpha value is -3.58. The first-order valence-corrected chi connectivity index (χ1v) is 10.8. The third-order valence-electron chi connectivity index (χ3n) is 3.90. The zero-order valence-electron chi connectivity index (χ0n) is 16.8. The van der Waals surface area contributed by atoms with E-state index in [0.717, 1.165) is 23.5 Å². The average molecular weight is 495 g/mol. The molecule has 172 valence electrons. The molecule has 13 heteroatoms. The highest BCUT2D eigenvalue weighted by atomic mass is 32.2. The van der Waals surface area contributed by atoms with Crippen molar-refractivity contribution in [2.24, 2.45) is 0 Å². The van der Waals surface area contributed by atoms with Crippen molar-refractivity contribution in [1.82, 2.24) is 4.98 Å². The Bertz CT molecular complexity index is 1190. The zero-order chi connectivity index (χ0) is 24.0. The third kappa shape index (κ3) is 6.70. The molecule has 0 aliphatic rings. The summed E-state index contributed by atoms with van der Waals surface area (Å²) in [5, 5.41) is 15.3. The van der Waals surface area contributed by atoms with Crippen LogP contribution in [0.4, 0.5) is 20.2 Å². The van der Waals surface area contributed by atoms with Crippen LogP contribution < -0.4 is 10.1 Å². The van der Waals surface area contributed by atoms with E-state index < -0.39 is 30.0 Å². The third-order valence-corrected chi connectivity index (χ3v) is 6.03. The van der Waals surface area contributed by atoms with Crippen LogP contribution in [0.3, 0.4) is 0 Å². The minimum Gasteiger partial charge on any atom is -0.452 e. The monoisotopic (exact) mass is 495 g/mol. The van der Waals surface area contributed by atoms with E-state index in [1.807, 2.05) is 5.38 Å². The number of esters is 1. The van der Waals surface area contributed by atoms with Crippen molar-refractivity contribution >= 4 is 46.3 Å². The number of non-ortho nitro benzene ring substituents is 1. The number of benzene rings is 2. The SMILES string of the molecule is Cc1csc(Sc2ccc([N+](=O)[O-])cc2C(=O)OCC(=O)Nc2ccccc2OC(F)F)n1. The van der Waals surface area contributed by atoms with Gasteiger partial charge < -0.3 is 14.8 Å². The maximum Gasteiger partial charge on any atom is 0.387 e. The van der Waals surface area contributed by atoms with E-state index in [9.17, 15) is 28.5 Å². The van der Waals surface area contributed by atoms with Crippen LogP contribution in [0.25, 0.3) is 0 Å². The van der Waals surface area contributed by atoms with Gasteiger partial charge in [0.05, 0.1) is 16.2 Å². The number of nitrogens with one attached hydrogen (secondary N) is 1. The van der Waals surface area contributed by atoms with Crippen LogP contribution >= 0.6 is 23.1 Å². The summed E-state index contributed by atoms with van der Waals surface area (Å²) in [6, 6.07) is 9.20. The Morgan fingerprint density at radius 2 is 2.03 bits per heavy atom. The topological polar surface area (TPSA) is 121 Å². The first kappa shape index (κ1) is 24.1. The summed E-state index contributed by atoms with van der Waals surface area (Å²) < 4.78 is 35.0. The first-order valence-electron chi connectivity index (χ1n) is 9.12. The minimum absolute atomic E-state index is 0.0374. The molecule has 1 heterocycles. The summed E-state index contributed by atoms with van der Waals surface area (Å²) in [4.78, 5) is 39.9. The number of anilines is 1. The number of amides is 1. The van der Waals surface area contributed by atoms with Crippen LogP contribution in [0, 0.1) is 17.0 Å². The van der Waals surface area contributed by atoms with Crippen LogP contribution in [-0.4, -0.2) is 35.0 Å². The highest BCUT2D eigenvalue weighted by molar-refractivity contribution is 8.01. The van der Waals surface area contributed by atoms with Crippen molar-refractivity contribution < 1.29 is 32.8 Å². The van der Waals surface area contributed by atoms with Gasteiger partial charge in [0.1, 0.15) is 5.75 Å². The van der Waals surface area contributed by atoms with Crippen LogP contribution in [-0.2, 0) is 9.53 Å². The lowest BCUT2D eigenvalue weighted by Crippen LogP contribution is -2.21. The first-order chi connectivity index (χ1) is 15.7. The van der Waals surface area contributed by atoms with E-state index >= 15 is 0 Å². The molecule has 0 aliphatic heterocycles. The van der Waals surface area contributed by atoms with E-state index in [4.69, 9.17) is 4.74 Å². The molecule has 9 nitrogen and oxygen atoms in total. The van der Waals surface area contributed by atoms with Gasteiger partial charge in [-0.1, -0.05) is 23.9 Å². The molecule has 0 aliphatic carbocycles. The fraction of sp³-hybridized carbons (Fsp3) is 0.150. The molecule has 0 saturated carbocycles. The molecule has 0 radical (unpaired) electrons. The number of rotatable bonds is 9. The number of nitro benzene ring substituents is 1. The molecule has 3 rings (SSSR count). The molecule has 1 N–H and O–H groups in total. The molecule has 33 heavy (non-hydrogen) atoms. The molecule has 1 amide bonds. The predicted octanol–water partition coefficient (Wildman–Crippen LogP) is 4.91. The second kappa shape index (κ2) is 10.8. The summed E-state index contributed by atoms with van der Waals surface area (Å²) in [5.74, 6) is -2.05. The molecule has 0 spiro atoms.